The number of methoxy groups -OCH3 is 1. The number of hydrogen-bond donors (Lipinski definition) is 2. The highest BCUT2D eigenvalue weighted by molar-refractivity contribution is 7.92. The van der Waals surface area contributed by atoms with Gasteiger partial charge < -0.3 is 4.74 Å². The van der Waals surface area contributed by atoms with Crippen LogP contribution in [0.1, 0.15) is 5.69 Å². The first-order valence-electron chi connectivity index (χ1n) is 10.9. The van der Waals surface area contributed by atoms with E-state index in [0.29, 0.717) is 23.0 Å². The predicted octanol–water partition coefficient (Wildman–Crippen LogP) is 5.36. The third-order valence-corrected chi connectivity index (χ3v) is 7.23. The van der Waals surface area contributed by atoms with E-state index in [9.17, 15) is 17.2 Å². The summed E-state index contributed by atoms with van der Waals surface area (Å²) in [6, 6.07) is 9.83. The summed E-state index contributed by atoms with van der Waals surface area (Å²) in [6.45, 7) is 1.32. The molecule has 5 aromatic rings. The van der Waals surface area contributed by atoms with Crippen LogP contribution in [0.5, 0.6) is 5.88 Å². The van der Waals surface area contributed by atoms with Gasteiger partial charge in [-0.1, -0.05) is 12.1 Å². The number of aromatic amines is 1. The van der Waals surface area contributed by atoms with Crippen LogP contribution >= 0.6 is 0 Å². The molecule has 194 valence electrons. The Hall–Kier alpha value is -4.52. The minimum atomic E-state index is -4.52. The van der Waals surface area contributed by atoms with Crippen molar-refractivity contribution in [1.82, 2.24) is 20.2 Å². The SMILES string of the molecule is COc1cccc(-c2n[nH]c3c(F)c(-c4c(F)ccc(NS(=O)(=O)c5cc(F)cnc5C)c4F)ccc23)n1. The Morgan fingerprint density at radius 2 is 1.79 bits per heavy atom. The summed E-state index contributed by atoms with van der Waals surface area (Å²) < 4.78 is 92.2. The van der Waals surface area contributed by atoms with E-state index in [1.54, 1.807) is 18.2 Å². The molecule has 2 aromatic carbocycles. The summed E-state index contributed by atoms with van der Waals surface area (Å²) in [7, 11) is -3.08. The molecule has 0 bridgehead atoms. The van der Waals surface area contributed by atoms with Crippen molar-refractivity contribution < 1.29 is 30.7 Å². The summed E-state index contributed by atoms with van der Waals surface area (Å²) in [5, 5.41) is 6.91. The van der Waals surface area contributed by atoms with Crippen LogP contribution in [0.15, 0.2) is 59.6 Å². The number of nitrogens with one attached hydrogen (secondary N) is 2. The molecule has 3 heterocycles. The number of halogens is 4. The highest BCUT2D eigenvalue weighted by Gasteiger charge is 2.26. The molecule has 8 nitrogen and oxygen atoms in total. The van der Waals surface area contributed by atoms with E-state index >= 15 is 8.78 Å². The van der Waals surface area contributed by atoms with E-state index < -0.39 is 55.0 Å². The second kappa shape index (κ2) is 9.41. The number of benzene rings is 2. The van der Waals surface area contributed by atoms with Crippen LogP contribution in [0.2, 0.25) is 0 Å². The van der Waals surface area contributed by atoms with Gasteiger partial charge in [-0.2, -0.15) is 5.10 Å². The fraction of sp³-hybridized carbons (Fsp3) is 0.0800. The zero-order valence-corrected chi connectivity index (χ0v) is 20.5. The summed E-state index contributed by atoms with van der Waals surface area (Å²) in [5.41, 5.74) is -1.49. The van der Waals surface area contributed by atoms with Crippen molar-refractivity contribution in [1.29, 1.82) is 0 Å². The number of ether oxygens (including phenoxy) is 1. The van der Waals surface area contributed by atoms with E-state index in [1.165, 1.54) is 20.1 Å². The molecule has 3 aromatic heterocycles. The molecule has 0 unspecified atom stereocenters. The van der Waals surface area contributed by atoms with Crippen molar-refractivity contribution in [3.8, 4) is 28.4 Å². The molecule has 0 fully saturated rings. The molecule has 0 radical (unpaired) electrons. The fourth-order valence-electron chi connectivity index (χ4n) is 3.94. The second-order valence-electron chi connectivity index (χ2n) is 8.11. The first kappa shape index (κ1) is 25.1. The zero-order valence-electron chi connectivity index (χ0n) is 19.7. The average Bonchev–Trinajstić information content (AvgIpc) is 3.33. The predicted molar refractivity (Wildman–Crippen MR) is 131 cm³/mol. The number of anilines is 1. The van der Waals surface area contributed by atoms with E-state index in [-0.39, 0.29) is 16.9 Å². The van der Waals surface area contributed by atoms with E-state index in [1.807, 2.05) is 4.72 Å². The van der Waals surface area contributed by atoms with Crippen molar-refractivity contribution in [2.24, 2.45) is 0 Å². The van der Waals surface area contributed by atoms with Gasteiger partial charge in [0.1, 0.15) is 27.7 Å². The van der Waals surface area contributed by atoms with Crippen LogP contribution in [0.25, 0.3) is 33.4 Å². The van der Waals surface area contributed by atoms with Gasteiger partial charge in [-0.15, -0.1) is 0 Å². The van der Waals surface area contributed by atoms with Gasteiger partial charge in [0.2, 0.25) is 5.88 Å². The maximum Gasteiger partial charge on any atom is 0.263 e. The third kappa shape index (κ3) is 4.30. The maximum absolute atomic E-state index is 15.6. The van der Waals surface area contributed by atoms with Crippen LogP contribution in [-0.4, -0.2) is 35.7 Å². The van der Waals surface area contributed by atoms with Crippen LogP contribution in [0.3, 0.4) is 0 Å². The molecule has 5 rings (SSSR count). The third-order valence-electron chi connectivity index (χ3n) is 5.75. The lowest BCUT2D eigenvalue weighted by Gasteiger charge is -2.14. The smallest absolute Gasteiger partial charge is 0.263 e. The highest BCUT2D eigenvalue weighted by Crippen LogP contribution is 2.37. The summed E-state index contributed by atoms with van der Waals surface area (Å²) in [4.78, 5) is 7.37. The van der Waals surface area contributed by atoms with Gasteiger partial charge in [0.25, 0.3) is 10.0 Å². The van der Waals surface area contributed by atoms with Gasteiger partial charge in [-0.05, 0) is 37.3 Å². The van der Waals surface area contributed by atoms with Gasteiger partial charge in [-0.3, -0.25) is 14.8 Å². The quantitative estimate of drug-likeness (QED) is 0.279. The Bertz CT molecular complexity index is 1830. The van der Waals surface area contributed by atoms with Crippen LogP contribution in [-0.2, 0) is 10.0 Å². The molecular formula is C25H17F4N5O3S. The van der Waals surface area contributed by atoms with Gasteiger partial charge >= 0.3 is 0 Å². The normalized spacial score (nSPS) is 11.6. The first-order valence-corrected chi connectivity index (χ1v) is 12.4. The summed E-state index contributed by atoms with van der Waals surface area (Å²) >= 11 is 0. The average molecular weight is 544 g/mol. The van der Waals surface area contributed by atoms with Crippen LogP contribution in [0.4, 0.5) is 23.2 Å². The maximum atomic E-state index is 15.6. The molecular weight excluding hydrogens is 526 g/mol. The molecule has 0 aliphatic carbocycles. The largest absolute Gasteiger partial charge is 0.481 e. The topological polar surface area (TPSA) is 110 Å². The molecule has 0 aliphatic rings. The molecule has 2 N–H and O–H groups in total. The van der Waals surface area contributed by atoms with Gasteiger partial charge in [0, 0.05) is 17.0 Å². The second-order valence-corrected chi connectivity index (χ2v) is 9.76. The number of aryl methyl sites for hydroxylation is 1. The van der Waals surface area contributed by atoms with Crippen molar-refractivity contribution in [3.63, 3.8) is 0 Å². The molecule has 0 spiro atoms. The molecule has 0 aliphatic heterocycles. The molecule has 13 heteroatoms. The standard InChI is InChI=1S/C25H17F4N5O3S/c1-12-19(10-13(26)11-30-12)38(35,36)34-17-9-8-16(27)21(23(17)29)14-6-7-15-24(32-33-25(15)22(14)28)18-4-3-5-20(31-18)37-2/h3-11,34H,1-2H3,(H,32,33). The number of hydrogen-bond acceptors (Lipinski definition) is 6. The molecule has 38 heavy (non-hydrogen) atoms. The van der Waals surface area contributed by atoms with E-state index in [4.69, 9.17) is 4.74 Å². The number of sulfonamides is 1. The van der Waals surface area contributed by atoms with Crippen LogP contribution in [0, 0.1) is 30.2 Å². The Morgan fingerprint density at radius 3 is 2.55 bits per heavy atom. The Labute approximate surface area is 213 Å². The van der Waals surface area contributed by atoms with Gasteiger partial charge in [0.05, 0.1) is 35.9 Å². The number of H-pyrrole nitrogens is 1. The minimum absolute atomic E-state index is 0.0429. The van der Waals surface area contributed by atoms with Crippen molar-refractivity contribution in [2.45, 2.75) is 11.8 Å². The van der Waals surface area contributed by atoms with Crippen molar-refractivity contribution in [3.05, 3.63) is 83.7 Å². The fourth-order valence-corrected chi connectivity index (χ4v) is 5.21. The van der Waals surface area contributed by atoms with Crippen molar-refractivity contribution >= 4 is 26.6 Å². The Kier molecular flexibility index (Phi) is 6.23. The Morgan fingerprint density at radius 1 is 1.00 bits per heavy atom. The minimum Gasteiger partial charge on any atom is -0.481 e. The lowest BCUT2D eigenvalue weighted by atomic mass is 10.0. The van der Waals surface area contributed by atoms with Crippen LogP contribution < -0.4 is 9.46 Å². The number of nitrogens with zero attached hydrogens (tertiary/aromatic N) is 3. The monoisotopic (exact) mass is 543 g/mol. The van der Waals surface area contributed by atoms with Gasteiger partial charge in [-0.25, -0.2) is 31.0 Å². The molecule has 0 atom stereocenters. The molecule has 0 saturated heterocycles. The van der Waals surface area contributed by atoms with Gasteiger partial charge in [0.15, 0.2) is 11.6 Å². The van der Waals surface area contributed by atoms with Crippen molar-refractivity contribution in [2.75, 3.05) is 11.8 Å². The van der Waals surface area contributed by atoms with E-state index in [2.05, 4.69) is 20.2 Å². The Balaban J connectivity index is 1.59. The number of rotatable bonds is 6. The van der Waals surface area contributed by atoms with E-state index in [0.717, 1.165) is 24.4 Å². The highest BCUT2D eigenvalue weighted by atomic mass is 32.2. The first-order chi connectivity index (χ1) is 18.1. The lowest BCUT2D eigenvalue weighted by Crippen LogP contribution is -2.16. The number of aromatic nitrogens is 4. The zero-order chi connectivity index (χ0) is 27.2. The molecule has 0 saturated carbocycles. The number of fused-ring (bicyclic) bond motifs is 1. The summed E-state index contributed by atoms with van der Waals surface area (Å²) in [6.07, 6.45) is 0.828. The lowest BCUT2D eigenvalue weighted by molar-refractivity contribution is 0.398. The summed E-state index contributed by atoms with van der Waals surface area (Å²) in [5.74, 6) is -4.14. The number of pyridine rings is 2. The molecule has 0 amide bonds.